The Labute approximate surface area is 117 Å². The van der Waals surface area contributed by atoms with E-state index in [2.05, 4.69) is 0 Å². The highest BCUT2D eigenvalue weighted by Crippen LogP contribution is 2.21. The van der Waals surface area contributed by atoms with Crippen LogP contribution in [0.5, 0.6) is 5.75 Å². The van der Waals surface area contributed by atoms with Crippen molar-refractivity contribution in [3.05, 3.63) is 29.8 Å². The monoisotopic (exact) mass is 277 g/mol. The molecule has 0 saturated carbocycles. The summed E-state index contributed by atoms with van der Waals surface area (Å²) in [5.74, 6) is -0.397. The number of likely N-dealkylation sites (tertiary alicyclic amines) is 1. The van der Waals surface area contributed by atoms with E-state index in [-0.39, 0.29) is 30.4 Å². The summed E-state index contributed by atoms with van der Waals surface area (Å²) in [7, 11) is 0. The van der Waals surface area contributed by atoms with Gasteiger partial charge >= 0.3 is 5.97 Å². The summed E-state index contributed by atoms with van der Waals surface area (Å²) < 4.78 is 0. The van der Waals surface area contributed by atoms with Gasteiger partial charge in [-0.3, -0.25) is 9.59 Å². The number of phenolic OH excluding ortho intramolecular Hbond substituents is 1. The minimum absolute atomic E-state index is 0.0318. The lowest BCUT2D eigenvalue weighted by atomic mass is 9.93. The first kappa shape index (κ1) is 14.4. The van der Waals surface area contributed by atoms with Crippen LogP contribution in [0.25, 0.3) is 0 Å². The number of amides is 1. The number of aliphatic carboxylic acids is 1. The summed E-state index contributed by atoms with van der Waals surface area (Å²) in [6.07, 6.45) is 1.96. The number of carboxylic acids is 1. The number of piperidine rings is 1. The summed E-state index contributed by atoms with van der Waals surface area (Å²) in [6, 6.07) is 6.70. The van der Waals surface area contributed by atoms with Crippen LogP contribution in [0.4, 0.5) is 0 Å². The first-order chi connectivity index (χ1) is 9.54. The Morgan fingerprint density at radius 2 is 1.95 bits per heavy atom. The number of benzene rings is 1. The zero-order chi connectivity index (χ0) is 14.5. The molecule has 0 radical (unpaired) electrons. The average Bonchev–Trinajstić information content (AvgIpc) is 2.38. The molecule has 1 saturated heterocycles. The van der Waals surface area contributed by atoms with Gasteiger partial charge in [-0.15, -0.1) is 0 Å². The average molecular weight is 277 g/mol. The molecule has 0 aromatic heterocycles. The van der Waals surface area contributed by atoms with Crippen LogP contribution in [0.3, 0.4) is 0 Å². The van der Waals surface area contributed by atoms with Gasteiger partial charge in [-0.2, -0.15) is 0 Å². The molecule has 1 aliphatic heterocycles. The van der Waals surface area contributed by atoms with Crippen molar-refractivity contribution in [1.29, 1.82) is 0 Å². The smallest absolute Gasteiger partial charge is 0.303 e. The second kappa shape index (κ2) is 6.41. The van der Waals surface area contributed by atoms with Gasteiger partial charge in [0.2, 0.25) is 5.91 Å². The molecule has 0 bridgehead atoms. The predicted octanol–water partition coefficient (Wildman–Crippen LogP) is 1.65. The van der Waals surface area contributed by atoms with Crippen LogP contribution in [-0.4, -0.2) is 40.1 Å². The molecule has 0 unspecified atom stereocenters. The van der Waals surface area contributed by atoms with E-state index in [0.717, 1.165) is 18.4 Å². The first-order valence-electron chi connectivity index (χ1n) is 6.82. The van der Waals surface area contributed by atoms with Crippen molar-refractivity contribution in [2.75, 3.05) is 13.1 Å². The second-order valence-corrected chi connectivity index (χ2v) is 5.27. The van der Waals surface area contributed by atoms with Crippen LogP contribution in [0.1, 0.15) is 24.8 Å². The number of carbonyl (C=O) groups excluding carboxylic acids is 1. The molecule has 1 fully saturated rings. The Balaban J connectivity index is 1.84. The summed E-state index contributed by atoms with van der Waals surface area (Å²) in [5.41, 5.74) is 0.794. The van der Waals surface area contributed by atoms with E-state index in [1.54, 1.807) is 23.1 Å². The predicted molar refractivity (Wildman–Crippen MR) is 73.4 cm³/mol. The van der Waals surface area contributed by atoms with E-state index in [1.807, 2.05) is 6.07 Å². The van der Waals surface area contributed by atoms with E-state index < -0.39 is 5.97 Å². The third-order valence-corrected chi connectivity index (χ3v) is 3.70. The van der Waals surface area contributed by atoms with Gasteiger partial charge in [0.1, 0.15) is 5.75 Å². The van der Waals surface area contributed by atoms with Gasteiger partial charge in [-0.1, -0.05) is 12.1 Å². The molecule has 1 heterocycles. The molecule has 1 aromatic carbocycles. The van der Waals surface area contributed by atoms with Gasteiger partial charge in [-0.05, 0) is 36.5 Å². The largest absolute Gasteiger partial charge is 0.508 e. The van der Waals surface area contributed by atoms with Crippen LogP contribution in [-0.2, 0) is 16.0 Å². The second-order valence-electron chi connectivity index (χ2n) is 5.27. The fourth-order valence-corrected chi connectivity index (χ4v) is 2.59. The van der Waals surface area contributed by atoms with Gasteiger partial charge in [-0.25, -0.2) is 0 Å². The first-order valence-corrected chi connectivity index (χ1v) is 6.82. The molecule has 0 spiro atoms. The summed E-state index contributed by atoms with van der Waals surface area (Å²) in [5, 5.41) is 18.1. The number of carboxylic acid groups (broad SMARTS) is 1. The van der Waals surface area contributed by atoms with Crippen molar-refractivity contribution in [2.45, 2.75) is 25.7 Å². The Morgan fingerprint density at radius 1 is 1.25 bits per heavy atom. The van der Waals surface area contributed by atoms with E-state index >= 15 is 0 Å². The van der Waals surface area contributed by atoms with Crippen LogP contribution < -0.4 is 0 Å². The van der Waals surface area contributed by atoms with Gasteiger partial charge < -0.3 is 15.1 Å². The molecule has 1 amide bonds. The molecule has 20 heavy (non-hydrogen) atoms. The minimum atomic E-state index is -0.769. The molecule has 2 N–H and O–H groups in total. The van der Waals surface area contributed by atoms with Crippen LogP contribution in [0, 0.1) is 5.92 Å². The van der Waals surface area contributed by atoms with Crippen molar-refractivity contribution in [1.82, 2.24) is 4.90 Å². The molecule has 0 atom stereocenters. The highest BCUT2D eigenvalue weighted by Gasteiger charge is 2.24. The van der Waals surface area contributed by atoms with Gasteiger partial charge in [0, 0.05) is 19.5 Å². The van der Waals surface area contributed by atoms with E-state index in [0.29, 0.717) is 13.1 Å². The van der Waals surface area contributed by atoms with E-state index in [9.17, 15) is 14.7 Å². The molecule has 0 aliphatic carbocycles. The zero-order valence-electron chi connectivity index (χ0n) is 11.3. The molecule has 1 aliphatic rings. The van der Waals surface area contributed by atoms with Crippen LogP contribution in [0.15, 0.2) is 24.3 Å². The summed E-state index contributed by atoms with van der Waals surface area (Å²) in [6.45, 7) is 1.24. The molecular weight excluding hydrogens is 258 g/mol. The fourth-order valence-electron chi connectivity index (χ4n) is 2.59. The van der Waals surface area contributed by atoms with Crippen LogP contribution >= 0.6 is 0 Å². The van der Waals surface area contributed by atoms with E-state index in [4.69, 9.17) is 5.11 Å². The molecule has 5 heteroatoms. The Bertz CT molecular complexity index is 492. The maximum atomic E-state index is 12.1. The third-order valence-electron chi connectivity index (χ3n) is 3.70. The van der Waals surface area contributed by atoms with Crippen molar-refractivity contribution in [3.63, 3.8) is 0 Å². The van der Waals surface area contributed by atoms with Crippen molar-refractivity contribution >= 4 is 11.9 Å². The van der Waals surface area contributed by atoms with Crippen molar-refractivity contribution in [3.8, 4) is 5.75 Å². The normalized spacial score (nSPS) is 16.1. The number of carbonyl (C=O) groups is 2. The Hall–Kier alpha value is -2.04. The van der Waals surface area contributed by atoms with Crippen molar-refractivity contribution < 1.29 is 19.8 Å². The Morgan fingerprint density at radius 3 is 2.55 bits per heavy atom. The summed E-state index contributed by atoms with van der Waals surface area (Å²) >= 11 is 0. The lowest BCUT2D eigenvalue weighted by molar-refractivity contribution is -0.138. The number of rotatable bonds is 4. The number of nitrogens with zero attached hydrogens (tertiary/aromatic N) is 1. The fraction of sp³-hybridized carbons (Fsp3) is 0.467. The van der Waals surface area contributed by atoms with Gasteiger partial charge in [0.05, 0.1) is 6.42 Å². The number of hydrogen-bond acceptors (Lipinski definition) is 3. The van der Waals surface area contributed by atoms with Gasteiger partial charge in [0.15, 0.2) is 0 Å². The number of aromatic hydroxyl groups is 1. The number of phenols is 1. The highest BCUT2D eigenvalue weighted by molar-refractivity contribution is 5.79. The third kappa shape index (κ3) is 3.98. The summed E-state index contributed by atoms with van der Waals surface area (Å²) in [4.78, 5) is 24.6. The zero-order valence-corrected chi connectivity index (χ0v) is 11.3. The SMILES string of the molecule is O=C(O)CC1CCN(C(=O)Cc2cccc(O)c2)CC1. The van der Waals surface area contributed by atoms with Crippen molar-refractivity contribution in [2.24, 2.45) is 5.92 Å². The van der Waals surface area contributed by atoms with Gasteiger partial charge in [0.25, 0.3) is 0 Å². The molecule has 1 aromatic rings. The Kier molecular flexibility index (Phi) is 4.61. The lowest BCUT2D eigenvalue weighted by Crippen LogP contribution is -2.39. The molecule has 108 valence electrons. The molecular formula is C15H19NO4. The molecule has 5 nitrogen and oxygen atoms in total. The molecule has 2 rings (SSSR count). The maximum Gasteiger partial charge on any atom is 0.303 e. The highest BCUT2D eigenvalue weighted by atomic mass is 16.4. The van der Waals surface area contributed by atoms with Crippen LogP contribution in [0.2, 0.25) is 0 Å². The standard InChI is InChI=1S/C15H19NO4/c17-13-3-1-2-12(8-13)9-14(18)16-6-4-11(5-7-16)10-15(19)20/h1-3,8,11,17H,4-7,9-10H2,(H,19,20). The van der Waals surface area contributed by atoms with E-state index in [1.165, 1.54) is 0 Å². The quantitative estimate of drug-likeness (QED) is 0.877. The topological polar surface area (TPSA) is 77.8 Å². The minimum Gasteiger partial charge on any atom is -0.508 e. The maximum absolute atomic E-state index is 12.1. The number of hydrogen-bond donors (Lipinski definition) is 2. The lowest BCUT2D eigenvalue weighted by Gasteiger charge is -2.31.